The van der Waals surface area contributed by atoms with Crippen LogP contribution in [-0.2, 0) is 0 Å². The van der Waals surface area contributed by atoms with Gasteiger partial charge in [-0.3, -0.25) is 0 Å². The zero-order valence-corrected chi connectivity index (χ0v) is 5.63. The number of nitrogens with one attached hydrogen (secondary N) is 1. The predicted molar refractivity (Wildman–Crippen MR) is 39.5 cm³/mol. The lowest BCUT2D eigenvalue weighted by atomic mass is 10.5. The fraction of sp³-hybridized carbons (Fsp3) is 0.143. The molecule has 1 rings (SSSR count). The van der Waals surface area contributed by atoms with Crippen LogP contribution in [0.15, 0.2) is 12.3 Å². The second kappa shape index (κ2) is 2.83. The SMILES string of the molecule is C#Cc1nccc(NC)n1. The van der Waals surface area contributed by atoms with Gasteiger partial charge in [-0.15, -0.1) is 6.42 Å². The van der Waals surface area contributed by atoms with Crippen LogP contribution in [-0.4, -0.2) is 17.0 Å². The summed E-state index contributed by atoms with van der Waals surface area (Å²) in [6.07, 6.45) is 6.69. The van der Waals surface area contributed by atoms with Gasteiger partial charge in [-0.25, -0.2) is 9.97 Å². The highest BCUT2D eigenvalue weighted by Crippen LogP contribution is 1.97. The summed E-state index contributed by atoms with van der Waals surface area (Å²) in [7, 11) is 1.78. The van der Waals surface area contributed by atoms with Crippen molar-refractivity contribution in [2.24, 2.45) is 0 Å². The van der Waals surface area contributed by atoms with E-state index < -0.39 is 0 Å². The lowest BCUT2D eigenvalue weighted by Crippen LogP contribution is -1.95. The summed E-state index contributed by atoms with van der Waals surface area (Å²) in [6.45, 7) is 0. The van der Waals surface area contributed by atoms with Crippen LogP contribution >= 0.6 is 0 Å². The molecule has 0 bridgehead atoms. The number of nitrogens with zero attached hydrogens (tertiary/aromatic N) is 2. The third-order valence-corrected chi connectivity index (χ3v) is 1.04. The average molecular weight is 133 g/mol. The molecule has 0 amide bonds. The van der Waals surface area contributed by atoms with E-state index in [-0.39, 0.29) is 0 Å². The minimum Gasteiger partial charge on any atom is -0.373 e. The van der Waals surface area contributed by atoms with Crippen LogP contribution in [0.4, 0.5) is 5.82 Å². The molecule has 0 aliphatic rings. The zero-order chi connectivity index (χ0) is 7.40. The Morgan fingerprint density at radius 1 is 1.70 bits per heavy atom. The first kappa shape index (κ1) is 6.56. The molecular formula is C7H7N3. The average Bonchev–Trinajstić information content (AvgIpc) is 2.05. The molecule has 0 saturated carbocycles. The largest absolute Gasteiger partial charge is 0.373 e. The Hall–Kier alpha value is -1.56. The molecule has 0 atom stereocenters. The molecule has 50 valence electrons. The third kappa shape index (κ3) is 1.23. The lowest BCUT2D eigenvalue weighted by molar-refractivity contribution is 1.12. The molecule has 0 spiro atoms. The van der Waals surface area contributed by atoms with E-state index in [1.54, 1.807) is 19.3 Å². The number of hydrogen-bond donors (Lipinski definition) is 1. The van der Waals surface area contributed by atoms with Gasteiger partial charge in [0.15, 0.2) is 0 Å². The summed E-state index contributed by atoms with van der Waals surface area (Å²) in [5.74, 6) is 3.49. The van der Waals surface area contributed by atoms with Crippen molar-refractivity contribution in [2.75, 3.05) is 12.4 Å². The van der Waals surface area contributed by atoms with Crippen LogP contribution in [0.2, 0.25) is 0 Å². The number of terminal acetylenes is 1. The van der Waals surface area contributed by atoms with Crippen LogP contribution in [0.3, 0.4) is 0 Å². The van der Waals surface area contributed by atoms with Crippen molar-refractivity contribution in [2.45, 2.75) is 0 Å². The summed E-state index contributed by atoms with van der Waals surface area (Å²) in [6, 6.07) is 1.75. The van der Waals surface area contributed by atoms with Crippen LogP contribution < -0.4 is 5.32 Å². The van der Waals surface area contributed by atoms with Crippen molar-refractivity contribution < 1.29 is 0 Å². The van der Waals surface area contributed by atoms with Gasteiger partial charge in [-0.2, -0.15) is 0 Å². The van der Waals surface area contributed by atoms with Crippen LogP contribution in [0, 0.1) is 12.3 Å². The molecular weight excluding hydrogens is 126 g/mol. The molecule has 0 aliphatic carbocycles. The molecule has 0 aliphatic heterocycles. The Kier molecular flexibility index (Phi) is 1.86. The van der Waals surface area contributed by atoms with Gasteiger partial charge in [-0.05, 0) is 12.0 Å². The summed E-state index contributed by atoms with van der Waals surface area (Å²) >= 11 is 0. The molecule has 10 heavy (non-hydrogen) atoms. The Balaban J connectivity index is 3.01. The van der Waals surface area contributed by atoms with Crippen molar-refractivity contribution in [1.82, 2.24) is 9.97 Å². The molecule has 1 N–H and O–H groups in total. The maximum absolute atomic E-state index is 5.07. The molecule has 0 saturated heterocycles. The van der Waals surface area contributed by atoms with Crippen LogP contribution in [0.5, 0.6) is 0 Å². The summed E-state index contributed by atoms with van der Waals surface area (Å²) in [5.41, 5.74) is 0. The smallest absolute Gasteiger partial charge is 0.206 e. The minimum absolute atomic E-state index is 0.409. The molecule has 1 aromatic heterocycles. The van der Waals surface area contributed by atoms with Crippen LogP contribution in [0.1, 0.15) is 5.82 Å². The second-order valence-corrected chi connectivity index (χ2v) is 1.66. The number of hydrogen-bond acceptors (Lipinski definition) is 3. The highest BCUT2D eigenvalue weighted by Gasteiger charge is 1.90. The van der Waals surface area contributed by atoms with Gasteiger partial charge < -0.3 is 5.32 Å². The van der Waals surface area contributed by atoms with Gasteiger partial charge in [-0.1, -0.05) is 0 Å². The van der Waals surface area contributed by atoms with E-state index >= 15 is 0 Å². The topological polar surface area (TPSA) is 37.8 Å². The normalized spacial score (nSPS) is 8.40. The summed E-state index contributed by atoms with van der Waals surface area (Å²) in [4.78, 5) is 7.77. The van der Waals surface area contributed by atoms with Crippen molar-refractivity contribution in [3.05, 3.63) is 18.1 Å². The quantitative estimate of drug-likeness (QED) is 0.567. The van der Waals surface area contributed by atoms with E-state index in [2.05, 4.69) is 21.2 Å². The Morgan fingerprint density at radius 2 is 2.50 bits per heavy atom. The number of rotatable bonds is 1. The molecule has 1 aromatic rings. The van der Waals surface area contributed by atoms with Gasteiger partial charge in [0.05, 0.1) is 0 Å². The molecule has 3 heteroatoms. The highest BCUT2D eigenvalue weighted by molar-refractivity contribution is 5.34. The Bertz CT molecular complexity index is 262. The predicted octanol–water partition coefficient (Wildman–Crippen LogP) is 0.500. The summed E-state index contributed by atoms with van der Waals surface area (Å²) in [5, 5.41) is 2.86. The van der Waals surface area contributed by atoms with Gasteiger partial charge in [0, 0.05) is 13.2 Å². The van der Waals surface area contributed by atoms with E-state index in [1.807, 2.05) is 0 Å². The first-order valence-corrected chi connectivity index (χ1v) is 2.84. The van der Waals surface area contributed by atoms with E-state index in [1.165, 1.54) is 0 Å². The highest BCUT2D eigenvalue weighted by atomic mass is 15.0. The fourth-order valence-electron chi connectivity index (χ4n) is 0.567. The molecule has 3 nitrogen and oxygen atoms in total. The van der Waals surface area contributed by atoms with Gasteiger partial charge in [0.2, 0.25) is 5.82 Å². The monoisotopic (exact) mass is 133 g/mol. The van der Waals surface area contributed by atoms with Crippen molar-refractivity contribution in [3.8, 4) is 12.3 Å². The van der Waals surface area contributed by atoms with Crippen molar-refractivity contribution in [1.29, 1.82) is 0 Å². The first-order valence-electron chi connectivity index (χ1n) is 2.84. The molecule has 0 unspecified atom stereocenters. The van der Waals surface area contributed by atoms with Gasteiger partial charge >= 0.3 is 0 Å². The Labute approximate surface area is 59.5 Å². The lowest BCUT2D eigenvalue weighted by Gasteiger charge is -1.95. The van der Waals surface area contributed by atoms with Gasteiger partial charge in [0.1, 0.15) is 5.82 Å². The maximum Gasteiger partial charge on any atom is 0.206 e. The van der Waals surface area contributed by atoms with Crippen molar-refractivity contribution >= 4 is 5.82 Å². The van der Waals surface area contributed by atoms with Crippen molar-refractivity contribution in [3.63, 3.8) is 0 Å². The van der Waals surface area contributed by atoms with E-state index in [0.717, 1.165) is 5.82 Å². The first-order chi connectivity index (χ1) is 4.86. The Morgan fingerprint density at radius 3 is 3.10 bits per heavy atom. The number of aromatic nitrogens is 2. The fourth-order valence-corrected chi connectivity index (χ4v) is 0.567. The minimum atomic E-state index is 0.409. The molecule has 1 heterocycles. The maximum atomic E-state index is 5.07. The third-order valence-electron chi connectivity index (χ3n) is 1.04. The molecule has 0 aromatic carbocycles. The second-order valence-electron chi connectivity index (χ2n) is 1.66. The summed E-state index contributed by atoms with van der Waals surface area (Å²) < 4.78 is 0. The van der Waals surface area contributed by atoms with E-state index in [9.17, 15) is 0 Å². The van der Waals surface area contributed by atoms with E-state index in [4.69, 9.17) is 6.42 Å². The zero-order valence-electron chi connectivity index (χ0n) is 5.63. The van der Waals surface area contributed by atoms with Crippen LogP contribution in [0.25, 0.3) is 0 Å². The molecule has 0 radical (unpaired) electrons. The standard InChI is InChI=1S/C7H7N3/c1-3-6-9-5-4-7(8-2)10-6/h1,4-5H,2H3,(H,8,9,10). The van der Waals surface area contributed by atoms with E-state index in [0.29, 0.717) is 5.82 Å². The number of anilines is 1. The van der Waals surface area contributed by atoms with Gasteiger partial charge in [0.25, 0.3) is 0 Å². The molecule has 0 fully saturated rings.